The summed E-state index contributed by atoms with van der Waals surface area (Å²) in [6.07, 6.45) is 3.88. The molecule has 0 heterocycles. The van der Waals surface area contributed by atoms with Gasteiger partial charge in [0, 0.05) is 5.56 Å². The van der Waals surface area contributed by atoms with Crippen LogP contribution in [0.15, 0.2) is 84.4 Å². The van der Waals surface area contributed by atoms with Crippen molar-refractivity contribution in [2.45, 2.75) is 19.3 Å². The minimum absolute atomic E-state index is 0.165. The summed E-state index contributed by atoms with van der Waals surface area (Å²) in [4.78, 5) is 25.4. The molecule has 3 aromatic rings. The summed E-state index contributed by atoms with van der Waals surface area (Å²) in [7, 11) is 0. The third-order valence-corrected chi connectivity index (χ3v) is 5.39. The van der Waals surface area contributed by atoms with Gasteiger partial charge in [-0.3, -0.25) is 0 Å². The van der Waals surface area contributed by atoms with Crippen LogP contribution in [0.2, 0.25) is 0 Å². The van der Waals surface area contributed by atoms with Gasteiger partial charge in [-0.1, -0.05) is 54.6 Å². The normalized spacial score (nSPS) is 12.7. The Morgan fingerprint density at radius 1 is 0.848 bits per heavy atom. The molecule has 0 aromatic heterocycles. The summed E-state index contributed by atoms with van der Waals surface area (Å²) in [6, 6.07) is 24.3. The van der Waals surface area contributed by atoms with Crippen molar-refractivity contribution in [1.29, 1.82) is 0 Å². The average Bonchev–Trinajstić information content (AvgIpc) is 3.05. The summed E-state index contributed by atoms with van der Waals surface area (Å²) in [6.45, 7) is -0.321. The number of nitrogens with zero attached hydrogens (tertiary/aromatic N) is 1. The molecule has 1 amide bonds. The lowest BCUT2D eigenvalue weighted by molar-refractivity contribution is -0.307. The predicted octanol–water partition coefficient (Wildman–Crippen LogP) is 4.51. The first-order valence-electron chi connectivity index (χ1n) is 10.8. The van der Waals surface area contributed by atoms with E-state index in [1.807, 2.05) is 78.9 Å². The maximum Gasteiger partial charge on any atom is 0.419 e. The van der Waals surface area contributed by atoms with Gasteiger partial charge in [0.2, 0.25) is 0 Å². The number of carboxylic acid groups (broad SMARTS) is 1. The van der Waals surface area contributed by atoms with Crippen molar-refractivity contribution >= 4 is 29.5 Å². The van der Waals surface area contributed by atoms with E-state index >= 15 is 0 Å². The predicted molar refractivity (Wildman–Crippen MR) is 124 cm³/mol. The van der Waals surface area contributed by atoms with Crippen LogP contribution in [0.3, 0.4) is 0 Å². The second kappa shape index (κ2) is 10.5. The summed E-state index contributed by atoms with van der Waals surface area (Å²) in [5.41, 5.74) is 4.33. The van der Waals surface area contributed by atoms with Crippen molar-refractivity contribution < 1.29 is 24.2 Å². The first-order chi connectivity index (χ1) is 16.1. The zero-order chi connectivity index (χ0) is 23.0. The van der Waals surface area contributed by atoms with Gasteiger partial charge in [0.1, 0.15) is 19.0 Å². The Morgan fingerprint density at radius 3 is 2.15 bits per heavy atom. The van der Waals surface area contributed by atoms with Gasteiger partial charge in [-0.15, -0.1) is 0 Å². The third kappa shape index (κ3) is 5.60. The van der Waals surface area contributed by atoms with Crippen molar-refractivity contribution in [3.63, 3.8) is 0 Å². The molecule has 0 unspecified atom stereocenters. The fraction of sp³-hybridized carbons (Fsp3) is 0.185. The number of carboxylic acids is 1. The SMILES string of the molecule is O=C([O-])COc1cccc2c1CCCC(COC(=O)N(c1ccccc1)c1ccccc1)=C2. The molecule has 0 radical (unpaired) electrons. The molecule has 33 heavy (non-hydrogen) atoms. The van der Waals surface area contributed by atoms with Crippen LogP contribution in [-0.2, 0) is 16.0 Å². The Kier molecular flexibility index (Phi) is 7.05. The number of fused-ring (bicyclic) bond motifs is 1. The molecule has 0 spiro atoms. The first-order valence-corrected chi connectivity index (χ1v) is 10.8. The van der Waals surface area contributed by atoms with Crippen LogP contribution < -0.4 is 14.7 Å². The number of ether oxygens (including phenoxy) is 2. The standard InChI is InChI=1S/C27H25NO5/c29-26(30)19-32-25-16-8-10-21-17-20(9-7-15-24(21)25)18-33-27(31)28(22-11-3-1-4-12-22)23-13-5-2-6-14-23/h1-6,8,10-14,16-17H,7,9,15,18-19H2,(H,29,30)/p-1. The molecule has 1 aliphatic carbocycles. The number of carbonyl (C=O) groups excluding carboxylic acids is 2. The molecule has 4 rings (SSSR count). The van der Waals surface area contributed by atoms with E-state index in [-0.39, 0.29) is 6.61 Å². The fourth-order valence-electron chi connectivity index (χ4n) is 3.89. The van der Waals surface area contributed by atoms with E-state index in [4.69, 9.17) is 9.47 Å². The molecule has 0 saturated heterocycles. The summed E-state index contributed by atoms with van der Waals surface area (Å²) >= 11 is 0. The zero-order valence-electron chi connectivity index (χ0n) is 18.1. The number of hydrogen-bond acceptors (Lipinski definition) is 5. The van der Waals surface area contributed by atoms with Crippen LogP contribution in [0.5, 0.6) is 5.75 Å². The van der Waals surface area contributed by atoms with Crippen molar-refractivity contribution in [1.82, 2.24) is 0 Å². The Balaban J connectivity index is 1.51. The van der Waals surface area contributed by atoms with Gasteiger partial charge in [-0.05, 0) is 60.7 Å². The van der Waals surface area contributed by atoms with Crippen LogP contribution in [0.1, 0.15) is 24.0 Å². The quantitative estimate of drug-likeness (QED) is 0.538. The highest BCUT2D eigenvalue weighted by molar-refractivity contribution is 5.96. The lowest BCUT2D eigenvalue weighted by atomic mass is 10.0. The Labute approximate surface area is 192 Å². The van der Waals surface area contributed by atoms with Crippen LogP contribution >= 0.6 is 0 Å². The highest BCUT2D eigenvalue weighted by Crippen LogP contribution is 2.31. The van der Waals surface area contributed by atoms with Crippen molar-refractivity contribution in [2.24, 2.45) is 0 Å². The van der Waals surface area contributed by atoms with E-state index in [0.29, 0.717) is 5.75 Å². The lowest BCUT2D eigenvalue weighted by Gasteiger charge is -2.22. The van der Waals surface area contributed by atoms with E-state index in [1.54, 1.807) is 11.0 Å². The van der Waals surface area contributed by atoms with Gasteiger partial charge in [0.15, 0.2) is 0 Å². The molecule has 0 aliphatic heterocycles. The number of aliphatic carboxylic acids is 1. The van der Waals surface area contributed by atoms with Gasteiger partial charge in [0.25, 0.3) is 0 Å². The maximum absolute atomic E-state index is 13.1. The molecule has 0 saturated carbocycles. The number of benzene rings is 3. The van der Waals surface area contributed by atoms with E-state index in [0.717, 1.165) is 47.3 Å². The van der Waals surface area contributed by atoms with E-state index in [2.05, 4.69) is 0 Å². The van der Waals surface area contributed by atoms with Crippen molar-refractivity contribution in [3.05, 3.63) is 95.6 Å². The highest BCUT2D eigenvalue weighted by Gasteiger charge is 2.20. The minimum atomic E-state index is -1.26. The summed E-state index contributed by atoms with van der Waals surface area (Å²) in [5, 5.41) is 10.8. The number of amides is 1. The second-order valence-electron chi connectivity index (χ2n) is 7.70. The number of para-hydroxylation sites is 2. The van der Waals surface area contributed by atoms with Crippen LogP contribution in [0.25, 0.3) is 6.08 Å². The molecule has 168 valence electrons. The van der Waals surface area contributed by atoms with Gasteiger partial charge in [-0.2, -0.15) is 0 Å². The van der Waals surface area contributed by atoms with Crippen LogP contribution in [0, 0.1) is 0 Å². The van der Waals surface area contributed by atoms with Gasteiger partial charge in [-0.25, -0.2) is 9.69 Å². The molecule has 0 fully saturated rings. The van der Waals surface area contributed by atoms with Gasteiger partial charge < -0.3 is 19.4 Å². The molecule has 3 aromatic carbocycles. The maximum atomic E-state index is 13.1. The molecular formula is C27H24NO5-. The fourth-order valence-corrected chi connectivity index (χ4v) is 3.89. The topological polar surface area (TPSA) is 78.9 Å². The smallest absolute Gasteiger partial charge is 0.419 e. The number of anilines is 2. The molecule has 6 nitrogen and oxygen atoms in total. The van der Waals surface area contributed by atoms with Crippen molar-refractivity contribution in [3.8, 4) is 5.75 Å². The van der Waals surface area contributed by atoms with Gasteiger partial charge in [0.05, 0.1) is 17.3 Å². The Hall–Kier alpha value is -4.06. The van der Waals surface area contributed by atoms with E-state index in [1.165, 1.54) is 0 Å². The number of rotatable bonds is 7. The summed E-state index contributed by atoms with van der Waals surface area (Å²) in [5.74, 6) is -0.712. The molecule has 0 N–H and O–H groups in total. The summed E-state index contributed by atoms with van der Waals surface area (Å²) < 4.78 is 11.1. The Bertz CT molecular complexity index is 1100. The van der Waals surface area contributed by atoms with Crippen LogP contribution in [0.4, 0.5) is 16.2 Å². The van der Waals surface area contributed by atoms with Crippen LogP contribution in [-0.4, -0.2) is 25.3 Å². The largest absolute Gasteiger partial charge is 0.546 e. The lowest BCUT2D eigenvalue weighted by Crippen LogP contribution is -2.29. The van der Waals surface area contributed by atoms with E-state index < -0.39 is 18.7 Å². The molecule has 0 bridgehead atoms. The Morgan fingerprint density at radius 2 is 1.52 bits per heavy atom. The van der Waals surface area contributed by atoms with E-state index in [9.17, 15) is 14.7 Å². The molecule has 0 atom stereocenters. The monoisotopic (exact) mass is 442 g/mol. The second-order valence-corrected chi connectivity index (χ2v) is 7.70. The zero-order valence-corrected chi connectivity index (χ0v) is 18.1. The molecule has 1 aliphatic rings. The van der Waals surface area contributed by atoms with Gasteiger partial charge >= 0.3 is 6.09 Å². The third-order valence-electron chi connectivity index (χ3n) is 5.39. The molecular weight excluding hydrogens is 418 g/mol. The first kappa shape index (κ1) is 22.1. The molecule has 6 heteroatoms. The number of hydrogen-bond donors (Lipinski definition) is 0. The average molecular weight is 442 g/mol. The van der Waals surface area contributed by atoms with Crippen molar-refractivity contribution in [2.75, 3.05) is 18.1 Å². The number of carbonyl (C=O) groups is 2. The minimum Gasteiger partial charge on any atom is -0.546 e. The highest BCUT2D eigenvalue weighted by atomic mass is 16.6.